The molecule has 4 fully saturated rings. The fourth-order valence-corrected chi connectivity index (χ4v) is 8.15. The van der Waals surface area contributed by atoms with Crippen molar-refractivity contribution in [1.82, 2.24) is 0 Å². The van der Waals surface area contributed by atoms with Crippen molar-refractivity contribution >= 4 is 0 Å². The van der Waals surface area contributed by atoms with Crippen molar-refractivity contribution in [2.45, 2.75) is 141 Å². The summed E-state index contributed by atoms with van der Waals surface area (Å²) in [4.78, 5) is 0. The van der Waals surface area contributed by atoms with Crippen LogP contribution in [0.4, 0.5) is 8.78 Å². The molecule has 4 heteroatoms. The van der Waals surface area contributed by atoms with E-state index in [1.807, 2.05) is 0 Å². The van der Waals surface area contributed by atoms with E-state index in [-0.39, 0.29) is 5.92 Å². The number of allylic oxidation sites excluding steroid dienone is 1. The first-order valence-corrected chi connectivity index (χ1v) is 15.9. The molecule has 1 heterocycles. The van der Waals surface area contributed by atoms with Gasteiger partial charge in [-0.25, -0.2) is 0 Å². The van der Waals surface area contributed by atoms with Gasteiger partial charge in [0.05, 0.1) is 12.2 Å². The van der Waals surface area contributed by atoms with E-state index in [2.05, 4.69) is 6.92 Å². The Morgan fingerprint density at radius 1 is 0.722 bits per heavy atom. The average Bonchev–Trinajstić information content (AvgIpc) is 2.91. The lowest BCUT2D eigenvalue weighted by Gasteiger charge is -2.41. The van der Waals surface area contributed by atoms with Gasteiger partial charge in [-0.3, -0.25) is 0 Å². The second-order valence-electron chi connectivity index (χ2n) is 12.9. The molecule has 1 aliphatic heterocycles. The summed E-state index contributed by atoms with van der Waals surface area (Å²) >= 11 is 0. The second kappa shape index (κ2) is 15.2. The van der Waals surface area contributed by atoms with Crippen LogP contribution in [0.15, 0.2) is 12.2 Å². The molecule has 2 atom stereocenters. The third kappa shape index (κ3) is 9.07. The highest BCUT2D eigenvalue weighted by atomic mass is 19.3. The quantitative estimate of drug-likeness (QED) is 0.259. The minimum atomic E-state index is -1.48. The normalized spacial score (nSPS) is 38.0. The van der Waals surface area contributed by atoms with Crippen molar-refractivity contribution in [3.63, 3.8) is 0 Å². The van der Waals surface area contributed by atoms with Gasteiger partial charge in [0.15, 0.2) is 0 Å². The van der Waals surface area contributed by atoms with Crippen molar-refractivity contribution in [2.75, 3.05) is 13.2 Å². The van der Waals surface area contributed by atoms with Gasteiger partial charge in [-0.2, -0.15) is 8.78 Å². The van der Waals surface area contributed by atoms with Crippen molar-refractivity contribution in [3.8, 4) is 0 Å². The highest BCUT2D eigenvalue weighted by Gasteiger charge is 2.34. The van der Waals surface area contributed by atoms with Crippen LogP contribution in [0.25, 0.3) is 0 Å². The minimum absolute atomic E-state index is 0.128. The molecular formula is C32H54F2O2. The van der Waals surface area contributed by atoms with Crippen LogP contribution in [0.1, 0.15) is 129 Å². The maximum Gasteiger partial charge on any atom is 0.266 e. The van der Waals surface area contributed by atoms with Gasteiger partial charge < -0.3 is 9.47 Å². The molecule has 0 bridgehead atoms. The van der Waals surface area contributed by atoms with E-state index in [1.54, 1.807) is 0 Å². The number of rotatable bonds is 11. The minimum Gasteiger partial charge on any atom is -0.378 e. The predicted octanol–water partition coefficient (Wildman–Crippen LogP) is 9.72. The van der Waals surface area contributed by atoms with Crippen molar-refractivity contribution < 1.29 is 18.3 Å². The Labute approximate surface area is 220 Å². The summed E-state index contributed by atoms with van der Waals surface area (Å²) in [5.41, 5.74) is 0. The summed E-state index contributed by atoms with van der Waals surface area (Å²) in [5, 5.41) is 0. The highest BCUT2D eigenvalue weighted by molar-refractivity contribution is 4.93. The summed E-state index contributed by atoms with van der Waals surface area (Å²) < 4.78 is 37.5. The second-order valence-corrected chi connectivity index (χ2v) is 12.9. The molecule has 3 aliphatic carbocycles. The Morgan fingerprint density at radius 3 is 1.83 bits per heavy atom. The Morgan fingerprint density at radius 2 is 1.31 bits per heavy atom. The maximum atomic E-state index is 12.6. The van der Waals surface area contributed by atoms with E-state index in [0.717, 1.165) is 62.1 Å². The Bertz CT molecular complexity index is 616. The third-order valence-electron chi connectivity index (χ3n) is 10.5. The molecule has 2 unspecified atom stereocenters. The average molecular weight is 509 g/mol. The first-order valence-electron chi connectivity index (χ1n) is 15.9. The molecule has 208 valence electrons. The SMILES string of the molecule is CCCCC1CCC(CCCOC2CCC(C3CCC(C4CCC(C=C(F)F)CC4)CC3)CC2)OC1. The Kier molecular flexibility index (Phi) is 12.0. The largest absolute Gasteiger partial charge is 0.378 e. The summed E-state index contributed by atoms with van der Waals surface area (Å²) in [6.45, 7) is 4.17. The maximum absolute atomic E-state index is 12.6. The van der Waals surface area contributed by atoms with E-state index in [9.17, 15) is 8.78 Å². The van der Waals surface area contributed by atoms with Gasteiger partial charge in [-0.15, -0.1) is 0 Å². The zero-order valence-electron chi connectivity index (χ0n) is 23.1. The zero-order chi connectivity index (χ0) is 25.2. The van der Waals surface area contributed by atoms with E-state index in [0.29, 0.717) is 12.2 Å². The van der Waals surface area contributed by atoms with Gasteiger partial charge in [-0.1, -0.05) is 19.8 Å². The standard InChI is InChI=1S/C32H54F2O2/c1-2-3-5-25-9-18-30(36-23-25)6-4-21-35-31-19-16-29(17-20-31)28-14-12-27(13-15-28)26-10-7-24(8-11-26)22-32(33)34/h22,24-31H,2-21,23H2,1H3. The van der Waals surface area contributed by atoms with Gasteiger partial charge in [0.25, 0.3) is 6.08 Å². The van der Waals surface area contributed by atoms with Crippen LogP contribution < -0.4 is 0 Å². The van der Waals surface area contributed by atoms with Crippen LogP contribution in [-0.2, 0) is 9.47 Å². The van der Waals surface area contributed by atoms with Crippen LogP contribution in [-0.4, -0.2) is 25.4 Å². The Balaban J connectivity index is 1.03. The van der Waals surface area contributed by atoms with E-state index >= 15 is 0 Å². The van der Waals surface area contributed by atoms with Crippen molar-refractivity contribution in [3.05, 3.63) is 12.2 Å². The molecule has 1 saturated heterocycles. The van der Waals surface area contributed by atoms with Gasteiger partial charge in [0.2, 0.25) is 0 Å². The van der Waals surface area contributed by atoms with E-state index in [1.165, 1.54) is 109 Å². The summed E-state index contributed by atoms with van der Waals surface area (Å²) in [6.07, 6.45) is 24.7. The first-order chi connectivity index (χ1) is 17.6. The fraction of sp³-hybridized carbons (Fsp3) is 0.938. The van der Waals surface area contributed by atoms with Gasteiger partial charge in [0, 0.05) is 13.2 Å². The molecular weight excluding hydrogens is 454 g/mol. The highest BCUT2D eigenvalue weighted by Crippen LogP contribution is 2.45. The third-order valence-corrected chi connectivity index (χ3v) is 10.5. The lowest BCUT2D eigenvalue weighted by Crippen LogP contribution is -2.31. The lowest BCUT2D eigenvalue weighted by molar-refractivity contribution is -0.0340. The Hall–Kier alpha value is -0.480. The molecule has 0 aromatic carbocycles. The molecule has 0 spiro atoms. The molecule has 0 radical (unpaired) electrons. The number of unbranched alkanes of at least 4 members (excludes halogenated alkanes) is 1. The molecule has 0 N–H and O–H groups in total. The number of hydrogen-bond donors (Lipinski definition) is 0. The summed E-state index contributed by atoms with van der Waals surface area (Å²) in [6, 6.07) is 0. The smallest absolute Gasteiger partial charge is 0.266 e. The molecule has 4 rings (SSSR count). The van der Waals surface area contributed by atoms with E-state index < -0.39 is 6.08 Å². The predicted molar refractivity (Wildman–Crippen MR) is 144 cm³/mol. The molecule has 0 amide bonds. The van der Waals surface area contributed by atoms with Gasteiger partial charge in [-0.05, 0) is 151 Å². The van der Waals surface area contributed by atoms with E-state index in [4.69, 9.17) is 9.47 Å². The van der Waals surface area contributed by atoms with Crippen LogP contribution in [0, 0.1) is 35.5 Å². The molecule has 4 aliphatic rings. The molecule has 3 saturated carbocycles. The summed E-state index contributed by atoms with van der Waals surface area (Å²) in [5.74, 6) is 4.42. The van der Waals surface area contributed by atoms with Gasteiger partial charge in [0.1, 0.15) is 0 Å². The van der Waals surface area contributed by atoms with Crippen LogP contribution in [0.3, 0.4) is 0 Å². The molecule has 0 aromatic heterocycles. The molecule has 36 heavy (non-hydrogen) atoms. The fourth-order valence-electron chi connectivity index (χ4n) is 8.15. The lowest BCUT2D eigenvalue weighted by atomic mass is 9.65. The summed E-state index contributed by atoms with van der Waals surface area (Å²) in [7, 11) is 0. The molecule has 0 aromatic rings. The first kappa shape index (κ1) is 28.5. The zero-order valence-corrected chi connectivity index (χ0v) is 23.1. The monoisotopic (exact) mass is 508 g/mol. The topological polar surface area (TPSA) is 18.5 Å². The van der Waals surface area contributed by atoms with Gasteiger partial charge >= 0.3 is 0 Å². The number of hydrogen-bond acceptors (Lipinski definition) is 2. The van der Waals surface area contributed by atoms with Crippen LogP contribution in [0.2, 0.25) is 0 Å². The van der Waals surface area contributed by atoms with Crippen LogP contribution >= 0.6 is 0 Å². The van der Waals surface area contributed by atoms with Crippen molar-refractivity contribution in [1.29, 1.82) is 0 Å². The number of halogens is 2. The van der Waals surface area contributed by atoms with Crippen molar-refractivity contribution in [2.24, 2.45) is 35.5 Å². The van der Waals surface area contributed by atoms with Crippen LogP contribution in [0.5, 0.6) is 0 Å². The number of ether oxygens (including phenoxy) is 2. The molecule has 2 nitrogen and oxygen atoms in total.